The number of anilines is 1. The number of rotatable bonds is 5. The lowest BCUT2D eigenvalue weighted by atomic mass is 9.89. The van der Waals surface area contributed by atoms with Gasteiger partial charge in [0.2, 0.25) is 0 Å². The van der Waals surface area contributed by atoms with E-state index in [4.69, 9.17) is 4.74 Å². The maximum Gasteiger partial charge on any atom is 0.126 e. The third kappa shape index (κ3) is 4.13. The minimum atomic E-state index is -0.0851. The molecule has 32 heavy (non-hydrogen) atoms. The van der Waals surface area contributed by atoms with E-state index in [1.807, 2.05) is 23.9 Å². The Morgan fingerprint density at radius 3 is 2.44 bits per heavy atom. The molecule has 5 rings (SSSR count). The van der Waals surface area contributed by atoms with Crippen molar-refractivity contribution in [1.82, 2.24) is 0 Å². The van der Waals surface area contributed by atoms with E-state index in [2.05, 4.69) is 98.0 Å². The maximum absolute atomic E-state index is 5.61. The molecular weight excluding hydrogens is 410 g/mol. The van der Waals surface area contributed by atoms with Crippen molar-refractivity contribution in [1.29, 1.82) is 0 Å². The van der Waals surface area contributed by atoms with Gasteiger partial charge in [-0.05, 0) is 66.1 Å². The number of benzene rings is 4. The standard InChI is InChI=1S/C29H27NOS/c1-29(2)18-23(19-32-24-14-12-20-8-4-5-9-21(20)16-24)26-17-22(13-15-27(26)30-29)25-10-6-7-11-28(25)31-3/h4-18,30H,19H2,1-3H3. The van der Waals surface area contributed by atoms with Gasteiger partial charge < -0.3 is 10.1 Å². The fraction of sp³-hybridized carbons (Fsp3) is 0.172. The van der Waals surface area contributed by atoms with E-state index in [1.54, 1.807) is 7.11 Å². The van der Waals surface area contributed by atoms with Crippen LogP contribution in [0.15, 0.2) is 95.9 Å². The van der Waals surface area contributed by atoms with Crippen LogP contribution in [0.25, 0.3) is 27.5 Å². The molecule has 0 atom stereocenters. The maximum atomic E-state index is 5.61. The van der Waals surface area contributed by atoms with Crippen LogP contribution in [-0.2, 0) is 0 Å². The van der Waals surface area contributed by atoms with Gasteiger partial charge in [0.05, 0.1) is 12.6 Å². The van der Waals surface area contributed by atoms with Gasteiger partial charge in [0, 0.05) is 27.5 Å². The van der Waals surface area contributed by atoms with Gasteiger partial charge in [-0.1, -0.05) is 60.7 Å². The van der Waals surface area contributed by atoms with Gasteiger partial charge in [-0.25, -0.2) is 0 Å². The number of methoxy groups -OCH3 is 1. The van der Waals surface area contributed by atoms with Gasteiger partial charge in [0.1, 0.15) is 5.75 Å². The average Bonchev–Trinajstić information content (AvgIpc) is 2.81. The Morgan fingerprint density at radius 2 is 1.59 bits per heavy atom. The van der Waals surface area contributed by atoms with Gasteiger partial charge >= 0.3 is 0 Å². The summed E-state index contributed by atoms with van der Waals surface area (Å²) in [6.45, 7) is 4.45. The van der Waals surface area contributed by atoms with Gasteiger partial charge in [-0.3, -0.25) is 0 Å². The zero-order chi connectivity index (χ0) is 22.1. The summed E-state index contributed by atoms with van der Waals surface area (Å²) in [5, 5.41) is 6.25. The van der Waals surface area contributed by atoms with E-state index in [9.17, 15) is 0 Å². The van der Waals surface area contributed by atoms with Crippen LogP contribution >= 0.6 is 11.8 Å². The van der Waals surface area contributed by atoms with E-state index in [1.165, 1.54) is 38.1 Å². The first-order valence-electron chi connectivity index (χ1n) is 10.9. The molecule has 0 amide bonds. The molecule has 0 unspecified atom stereocenters. The molecule has 0 bridgehead atoms. The highest BCUT2D eigenvalue weighted by Crippen LogP contribution is 2.40. The molecule has 1 aliphatic rings. The first kappa shape index (κ1) is 20.7. The molecule has 3 heteroatoms. The molecule has 160 valence electrons. The summed E-state index contributed by atoms with van der Waals surface area (Å²) in [6, 6.07) is 30.2. The number of hydrogen-bond donors (Lipinski definition) is 1. The fourth-order valence-electron chi connectivity index (χ4n) is 4.40. The van der Waals surface area contributed by atoms with E-state index in [-0.39, 0.29) is 5.54 Å². The molecule has 0 aliphatic carbocycles. The molecule has 2 nitrogen and oxygen atoms in total. The zero-order valence-corrected chi connectivity index (χ0v) is 19.5. The minimum Gasteiger partial charge on any atom is -0.496 e. The van der Waals surface area contributed by atoms with E-state index < -0.39 is 0 Å². The smallest absolute Gasteiger partial charge is 0.126 e. The summed E-state index contributed by atoms with van der Waals surface area (Å²) in [6.07, 6.45) is 2.37. The molecule has 1 aliphatic heterocycles. The van der Waals surface area contributed by atoms with E-state index >= 15 is 0 Å². The minimum absolute atomic E-state index is 0.0851. The molecule has 0 fully saturated rings. The topological polar surface area (TPSA) is 21.3 Å². The highest BCUT2D eigenvalue weighted by molar-refractivity contribution is 7.99. The second-order valence-corrected chi connectivity index (χ2v) is 9.82. The second-order valence-electron chi connectivity index (χ2n) is 8.77. The molecular formula is C29H27NOS. The Morgan fingerprint density at radius 1 is 0.812 bits per heavy atom. The van der Waals surface area contributed by atoms with E-state index in [0.29, 0.717) is 0 Å². The van der Waals surface area contributed by atoms with E-state index in [0.717, 1.165) is 17.1 Å². The first-order valence-corrected chi connectivity index (χ1v) is 11.9. The lowest BCUT2D eigenvalue weighted by molar-refractivity contribution is 0.416. The monoisotopic (exact) mass is 437 g/mol. The molecule has 0 saturated carbocycles. The Bertz CT molecular complexity index is 1320. The summed E-state index contributed by atoms with van der Waals surface area (Å²) in [4.78, 5) is 1.29. The van der Waals surface area contributed by atoms with Gasteiger partial charge in [-0.15, -0.1) is 11.8 Å². The van der Waals surface area contributed by atoms with Crippen LogP contribution in [0.2, 0.25) is 0 Å². The number of ether oxygens (including phenoxy) is 1. The quantitative estimate of drug-likeness (QED) is 0.321. The molecule has 4 aromatic carbocycles. The van der Waals surface area contributed by atoms with Gasteiger partial charge in [0.25, 0.3) is 0 Å². The van der Waals surface area contributed by atoms with Crippen LogP contribution in [0.1, 0.15) is 19.4 Å². The summed E-state index contributed by atoms with van der Waals surface area (Å²) in [5.41, 5.74) is 6.01. The average molecular weight is 438 g/mol. The Kier molecular flexibility index (Phi) is 5.44. The Labute approximate surface area is 194 Å². The number of para-hydroxylation sites is 1. The lowest BCUT2D eigenvalue weighted by Crippen LogP contribution is -2.32. The van der Waals surface area contributed by atoms with Crippen molar-refractivity contribution in [2.75, 3.05) is 18.2 Å². The normalized spacial score (nSPS) is 14.4. The number of hydrogen-bond acceptors (Lipinski definition) is 3. The van der Waals surface area contributed by atoms with Gasteiger partial charge in [-0.2, -0.15) is 0 Å². The summed E-state index contributed by atoms with van der Waals surface area (Å²) < 4.78 is 5.61. The number of thioether (sulfide) groups is 1. The summed E-state index contributed by atoms with van der Waals surface area (Å²) in [7, 11) is 1.73. The Hall–Kier alpha value is -3.17. The lowest BCUT2D eigenvalue weighted by Gasteiger charge is -2.32. The van der Waals surface area contributed by atoms with Crippen LogP contribution in [0, 0.1) is 0 Å². The van der Waals surface area contributed by atoms with Crippen molar-refractivity contribution in [3.05, 3.63) is 96.6 Å². The van der Waals surface area contributed by atoms with Crippen molar-refractivity contribution >= 4 is 33.8 Å². The summed E-state index contributed by atoms with van der Waals surface area (Å²) in [5.74, 6) is 1.82. The largest absolute Gasteiger partial charge is 0.496 e. The molecule has 1 heterocycles. The first-order chi connectivity index (χ1) is 15.5. The van der Waals surface area contributed by atoms with Crippen LogP contribution in [0.4, 0.5) is 5.69 Å². The molecule has 1 N–H and O–H groups in total. The zero-order valence-electron chi connectivity index (χ0n) is 18.7. The van der Waals surface area contributed by atoms with Crippen molar-refractivity contribution in [3.63, 3.8) is 0 Å². The summed E-state index contributed by atoms with van der Waals surface area (Å²) >= 11 is 1.89. The fourth-order valence-corrected chi connectivity index (χ4v) is 5.34. The van der Waals surface area contributed by atoms with Crippen LogP contribution < -0.4 is 10.1 Å². The predicted molar refractivity (Wildman–Crippen MR) is 139 cm³/mol. The highest BCUT2D eigenvalue weighted by atomic mass is 32.2. The number of nitrogens with one attached hydrogen (secondary N) is 1. The third-order valence-electron chi connectivity index (χ3n) is 5.89. The second kappa shape index (κ2) is 8.40. The van der Waals surface area contributed by atoms with Gasteiger partial charge in [0.15, 0.2) is 0 Å². The van der Waals surface area contributed by atoms with Crippen LogP contribution in [0.5, 0.6) is 5.75 Å². The van der Waals surface area contributed by atoms with Crippen LogP contribution in [0.3, 0.4) is 0 Å². The van der Waals surface area contributed by atoms with Crippen molar-refractivity contribution in [2.45, 2.75) is 24.3 Å². The van der Waals surface area contributed by atoms with Crippen molar-refractivity contribution in [2.24, 2.45) is 0 Å². The van der Waals surface area contributed by atoms with Crippen molar-refractivity contribution in [3.8, 4) is 16.9 Å². The predicted octanol–water partition coefficient (Wildman–Crippen LogP) is 7.90. The third-order valence-corrected chi connectivity index (χ3v) is 6.93. The Balaban J connectivity index is 1.48. The molecule has 0 saturated heterocycles. The number of fused-ring (bicyclic) bond motifs is 2. The SMILES string of the molecule is COc1ccccc1-c1ccc2c(c1)C(CSc1ccc3ccccc3c1)=CC(C)(C)N2. The van der Waals surface area contributed by atoms with Crippen LogP contribution in [-0.4, -0.2) is 18.4 Å². The molecule has 4 aromatic rings. The molecule has 0 radical (unpaired) electrons. The van der Waals surface area contributed by atoms with Crippen molar-refractivity contribution < 1.29 is 4.74 Å². The highest BCUT2D eigenvalue weighted by Gasteiger charge is 2.25. The molecule has 0 aromatic heterocycles. The molecule has 0 spiro atoms.